The fourth-order valence-electron chi connectivity index (χ4n) is 1.97. The van der Waals surface area contributed by atoms with Crippen LogP contribution in [0.3, 0.4) is 0 Å². The van der Waals surface area contributed by atoms with E-state index in [0.717, 1.165) is 12.8 Å². The number of nitrogens with one attached hydrogen (secondary N) is 1. The summed E-state index contributed by atoms with van der Waals surface area (Å²) < 4.78 is 1.40. The van der Waals surface area contributed by atoms with Crippen molar-refractivity contribution in [3.05, 3.63) is 43.5 Å². The number of aromatic nitrogens is 2. The topological polar surface area (TPSA) is 46.9 Å². The largest absolute Gasteiger partial charge is 0.377 e. The molecule has 2 aromatic rings. The molecule has 6 heteroatoms. The van der Waals surface area contributed by atoms with Gasteiger partial charge in [-0.3, -0.25) is 4.79 Å². The molecule has 0 aliphatic carbocycles. The molecular formula is C14H18ClN3OS. The van der Waals surface area contributed by atoms with Crippen LogP contribution >= 0.6 is 22.9 Å². The molecule has 4 nitrogen and oxygen atoms in total. The zero-order chi connectivity index (χ0) is 14.5. The van der Waals surface area contributed by atoms with Crippen molar-refractivity contribution in [3.63, 3.8) is 0 Å². The smallest absolute Gasteiger partial charge is 0.287 e. The zero-order valence-electron chi connectivity index (χ0n) is 11.6. The molecule has 1 N–H and O–H groups in total. The number of nitrogens with zero attached hydrogens (tertiary/aromatic N) is 2. The quantitative estimate of drug-likeness (QED) is 0.887. The molecule has 0 radical (unpaired) electrons. The molecule has 0 fully saturated rings. The summed E-state index contributed by atoms with van der Waals surface area (Å²) in [6.45, 7) is 5.38. The van der Waals surface area contributed by atoms with Crippen molar-refractivity contribution in [2.24, 2.45) is 0 Å². The highest BCUT2D eigenvalue weighted by Crippen LogP contribution is 2.21. The lowest BCUT2D eigenvalue weighted by Gasteiger charge is -2.10. The molecule has 0 bridgehead atoms. The number of hydrogen-bond donors (Lipinski definition) is 1. The van der Waals surface area contributed by atoms with Crippen LogP contribution in [0.15, 0.2) is 22.4 Å². The Balaban J connectivity index is 2.14. The second-order valence-electron chi connectivity index (χ2n) is 4.48. The van der Waals surface area contributed by atoms with Gasteiger partial charge in [0.15, 0.2) is 0 Å². The highest BCUT2D eigenvalue weighted by atomic mass is 35.5. The van der Waals surface area contributed by atoms with Crippen molar-refractivity contribution in [1.82, 2.24) is 9.78 Å². The van der Waals surface area contributed by atoms with Crippen molar-refractivity contribution in [3.8, 4) is 0 Å². The molecule has 0 aliphatic rings. The first kappa shape index (κ1) is 15.1. The summed E-state index contributed by atoms with van der Waals surface area (Å²) in [7, 11) is 0. The van der Waals surface area contributed by atoms with Gasteiger partial charge in [-0.2, -0.15) is 5.10 Å². The van der Waals surface area contributed by atoms with Crippen molar-refractivity contribution in [1.29, 1.82) is 0 Å². The summed E-state index contributed by atoms with van der Waals surface area (Å²) in [4.78, 5) is 13.3. The maximum atomic E-state index is 12.0. The van der Waals surface area contributed by atoms with Crippen LogP contribution in [0.2, 0.25) is 5.02 Å². The standard InChI is InChI=1S/C14H18ClN3OS/c1-3-6-18-14(19)13(15)11(8-17-18)16-9-12-10(4-2)5-7-20-12/h5,7-8,16H,3-4,6,9H2,1-2H3. The number of rotatable bonds is 6. The highest BCUT2D eigenvalue weighted by molar-refractivity contribution is 7.10. The van der Waals surface area contributed by atoms with Crippen LogP contribution in [-0.2, 0) is 19.5 Å². The maximum absolute atomic E-state index is 12.0. The predicted molar refractivity (Wildman–Crippen MR) is 84.8 cm³/mol. The molecule has 0 amide bonds. The van der Waals surface area contributed by atoms with Gasteiger partial charge >= 0.3 is 0 Å². The third kappa shape index (κ3) is 3.22. The van der Waals surface area contributed by atoms with E-state index in [9.17, 15) is 4.79 Å². The zero-order valence-corrected chi connectivity index (χ0v) is 13.2. The number of aryl methyl sites for hydroxylation is 2. The fraction of sp³-hybridized carbons (Fsp3) is 0.429. The molecule has 20 heavy (non-hydrogen) atoms. The lowest BCUT2D eigenvalue weighted by molar-refractivity contribution is 0.568. The van der Waals surface area contributed by atoms with Gasteiger partial charge in [0.1, 0.15) is 5.02 Å². The molecular weight excluding hydrogens is 294 g/mol. The second-order valence-corrected chi connectivity index (χ2v) is 5.86. The van der Waals surface area contributed by atoms with Crippen molar-refractivity contribution in [2.75, 3.05) is 5.32 Å². The van der Waals surface area contributed by atoms with Crippen LogP contribution in [0.4, 0.5) is 5.69 Å². The fourth-order valence-corrected chi connectivity index (χ4v) is 3.10. The van der Waals surface area contributed by atoms with Crippen LogP contribution < -0.4 is 10.9 Å². The number of hydrogen-bond acceptors (Lipinski definition) is 4. The van der Waals surface area contributed by atoms with Crippen LogP contribution in [0.1, 0.15) is 30.7 Å². The Morgan fingerprint density at radius 1 is 1.45 bits per heavy atom. The first-order valence-corrected chi connectivity index (χ1v) is 7.97. The molecule has 0 aliphatic heterocycles. The molecule has 0 spiro atoms. The Hall–Kier alpha value is -1.33. The monoisotopic (exact) mass is 311 g/mol. The Bertz CT molecular complexity index is 636. The van der Waals surface area contributed by atoms with E-state index in [-0.39, 0.29) is 10.6 Å². The van der Waals surface area contributed by atoms with E-state index >= 15 is 0 Å². The Morgan fingerprint density at radius 2 is 2.25 bits per heavy atom. The van der Waals surface area contributed by atoms with Gasteiger partial charge in [-0.1, -0.05) is 25.4 Å². The van der Waals surface area contributed by atoms with Gasteiger partial charge in [0.25, 0.3) is 5.56 Å². The summed E-state index contributed by atoms with van der Waals surface area (Å²) >= 11 is 7.82. The van der Waals surface area contributed by atoms with Crippen molar-refractivity contribution >= 4 is 28.6 Å². The van der Waals surface area contributed by atoms with Gasteiger partial charge in [0.2, 0.25) is 0 Å². The average Bonchev–Trinajstić information content (AvgIpc) is 2.91. The molecule has 0 atom stereocenters. The van der Waals surface area contributed by atoms with E-state index in [4.69, 9.17) is 11.6 Å². The lowest BCUT2D eigenvalue weighted by Crippen LogP contribution is -2.24. The Labute approximate surface area is 127 Å². The minimum Gasteiger partial charge on any atom is -0.377 e. The van der Waals surface area contributed by atoms with Gasteiger partial charge in [0.05, 0.1) is 11.9 Å². The number of halogens is 1. The predicted octanol–water partition coefficient (Wildman–Crippen LogP) is 3.54. The van der Waals surface area contributed by atoms with E-state index in [1.807, 2.05) is 6.92 Å². The third-order valence-electron chi connectivity index (χ3n) is 3.08. The van der Waals surface area contributed by atoms with E-state index in [0.29, 0.717) is 18.8 Å². The van der Waals surface area contributed by atoms with Gasteiger partial charge in [-0.25, -0.2) is 4.68 Å². The summed E-state index contributed by atoms with van der Waals surface area (Å²) in [5, 5.41) is 9.62. The van der Waals surface area contributed by atoms with E-state index in [1.165, 1.54) is 15.1 Å². The first-order valence-electron chi connectivity index (χ1n) is 6.72. The maximum Gasteiger partial charge on any atom is 0.287 e. The van der Waals surface area contributed by atoms with Gasteiger partial charge < -0.3 is 5.32 Å². The minimum atomic E-state index is -0.236. The van der Waals surface area contributed by atoms with E-state index in [2.05, 4.69) is 28.8 Å². The minimum absolute atomic E-state index is 0.211. The van der Waals surface area contributed by atoms with Crippen molar-refractivity contribution < 1.29 is 0 Å². The van der Waals surface area contributed by atoms with Crippen LogP contribution in [-0.4, -0.2) is 9.78 Å². The van der Waals surface area contributed by atoms with E-state index < -0.39 is 0 Å². The lowest BCUT2D eigenvalue weighted by atomic mass is 10.2. The van der Waals surface area contributed by atoms with Gasteiger partial charge in [-0.15, -0.1) is 11.3 Å². The first-order chi connectivity index (χ1) is 9.67. The van der Waals surface area contributed by atoms with Crippen LogP contribution in [0, 0.1) is 0 Å². The molecule has 0 unspecified atom stereocenters. The average molecular weight is 312 g/mol. The molecule has 2 aromatic heterocycles. The van der Waals surface area contributed by atoms with Gasteiger partial charge in [-0.05, 0) is 29.9 Å². The summed E-state index contributed by atoms with van der Waals surface area (Å²) in [6, 6.07) is 2.13. The van der Waals surface area contributed by atoms with Crippen LogP contribution in [0.5, 0.6) is 0 Å². The molecule has 0 aromatic carbocycles. The second kappa shape index (κ2) is 6.90. The molecule has 2 rings (SSSR count). The summed E-state index contributed by atoms with van der Waals surface area (Å²) in [5.74, 6) is 0. The number of anilines is 1. The highest BCUT2D eigenvalue weighted by Gasteiger charge is 2.09. The Kier molecular flexibility index (Phi) is 5.20. The van der Waals surface area contributed by atoms with Crippen LogP contribution in [0.25, 0.3) is 0 Å². The molecule has 108 valence electrons. The molecule has 0 saturated heterocycles. The Morgan fingerprint density at radius 3 is 2.95 bits per heavy atom. The van der Waals surface area contributed by atoms with Gasteiger partial charge in [0, 0.05) is 18.0 Å². The summed E-state index contributed by atoms with van der Waals surface area (Å²) in [6.07, 6.45) is 3.48. The SMILES string of the molecule is CCCn1ncc(NCc2sccc2CC)c(Cl)c1=O. The normalized spacial score (nSPS) is 10.8. The number of thiophene rings is 1. The molecule has 0 saturated carbocycles. The third-order valence-corrected chi connectivity index (χ3v) is 4.41. The van der Waals surface area contributed by atoms with E-state index in [1.54, 1.807) is 17.5 Å². The van der Waals surface area contributed by atoms with Crippen molar-refractivity contribution in [2.45, 2.75) is 39.8 Å². The molecule has 2 heterocycles. The summed E-state index contributed by atoms with van der Waals surface area (Å²) in [5.41, 5.74) is 1.69.